The lowest BCUT2D eigenvalue weighted by atomic mass is 10.2. The van der Waals surface area contributed by atoms with E-state index in [2.05, 4.69) is 18.9 Å². The summed E-state index contributed by atoms with van der Waals surface area (Å²) in [5, 5.41) is 12.5. The van der Waals surface area contributed by atoms with Crippen molar-refractivity contribution in [2.75, 3.05) is 0 Å². The molecule has 0 aliphatic rings. The van der Waals surface area contributed by atoms with Crippen LogP contribution in [0.15, 0.2) is 30.5 Å². The minimum atomic E-state index is -0.0515. The fourth-order valence-corrected chi connectivity index (χ4v) is 1.89. The van der Waals surface area contributed by atoms with Gasteiger partial charge in [0.25, 0.3) is 0 Å². The molecule has 1 heterocycles. The van der Waals surface area contributed by atoms with Crippen molar-refractivity contribution in [3.63, 3.8) is 0 Å². The van der Waals surface area contributed by atoms with Crippen molar-refractivity contribution in [2.24, 2.45) is 5.73 Å². The van der Waals surface area contributed by atoms with Gasteiger partial charge in [-0.15, -0.1) is 0 Å². The molecule has 0 aliphatic carbocycles. The zero-order chi connectivity index (χ0) is 14.7. The predicted octanol–water partition coefficient (Wildman–Crippen LogP) is 2.98. The molecule has 0 radical (unpaired) electrons. The van der Waals surface area contributed by atoms with Crippen LogP contribution in [0.3, 0.4) is 0 Å². The number of amidine groups is 1. The van der Waals surface area contributed by atoms with Crippen LogP contribution in [0.4, 0.5) is 0 Å². The normalized spacial score (nSPS) is 10.8. The number of nitrogens with two attached hydrogens (primary N) is 1. The first-order valence-corrected chi connectivity index (χ1v) is 6.66. The van der Waals surface area contributed by atoms with E-state index in [0.29, 0.717) is 29.0 Å². The maximum Gasteiger partial charge on any atom is 0.132 e. The zero-order valence-electron chi connectivity index (χ0n) is 11.4. The van der Waals surface area contributed by atoms with Crippen molar-refractivity contribution >= 4 is 17.4 Å². The molecule has 1 aromatic carbocycles. The first kappa shape index (κ1) is 14.4. The molecule has 0 atom stereocenters. The average Bonchev–Trinajstić information content (AvgIpc) is 2.85. The van der Waals surface area contributed by atoms with Gasteiger partial charge >= 0.3 is 0 Å². The SMILES string of the molecule is CC(C)n1ccc(COc2cc(Cl)ccc2C(=N)N)n1. The van der Waals surface area contributed by atoms with E-state index in [1.54, 1.807) is 18.2 Å². The minimum absolute atomic E-state index is 0.0515. The number of ether oxygens (including phenoxy) is 1. The van der Waals surface area contributed by atoms with Gasteiger partial charge < -0.3 is 10.5 Å². The first-order chi connectivity index (χ1) is 9.47. The molecule has 106 valence electrons. The molecule has 0 fully saturated rings. The summed E-state index contributed by atoms with van der Waals surface area (Å²) in [5.41, 5.74) is 6.86. The van der Waals surface area contributed by atoms with E-state index in [-0.39, 0.29) is 5.84 Å². The van der Waals surface area contributed by atoms with E-state index in [1.807, 2.05) is 16.9 Å². The summed E-state index contributed by atoms with van der Waals surface area (Å²) in [6, 6.07) is 7.21. The van der Waals surface area contributed by atoms with Crippen LogP contribution >= 0.6 is 11.6 Å². The highest BCUT2D eigenvalue weighted by Gasteiger charge is 2.09. The Hall–Kier alpha value is -2.01. The van der Waals surface area contributed by atoms with Crippen molar-refractivity contribution in [3.8, 4) is 5.75 Å². The number of nitrogen functional groups attached to an aromatic ring is 1. The van der Waals surface area contributed by atoms with E-state index >= 15 is 0 Å². The summed E-state index contributed by atoms with van der Waals surface area (Å²) in [6.45, 7) is 4.42. The van der Waals surface area contributed by atoms with Crippen molar-refractivity contribution in [2.45, 2.75) is 26.5 Å². The molecule has 0 bridgehead atoms. The molecule has 6 heteroatoms. The Bertz CT molecular complexity index is 621. The Balaban J connectivity index is 2.13. The third-order valence-corrected chi connectivity index (χ3v) is 3.04. The van der Waals surface area contributed by atoms with Gasteiger partial charge in [-0.25, -0.2) is 0 Å². The zero-order valence-corrected chi connectivity index (χ0v) is 12.2. The van der Waals surface area contributed by atoms with Crippen molar-refractivity contribution in [3.05, 3.63) is 46.7 Å². The molecule has 0 unspecified atom stereocenters. The smallest absolute Gasteiger partial charge is 0.132 e. The topological polar surface area (TPSA) is 76.9 Å². The van der Waals surface area contributed by atoms with Crippen LogP contribution in [0.25, 0.3) is 0 Å². The number of hydrogen-bond donors (Lipinski definition) is 2. The summed E-state index contributed by atoms with van der Waals surface area (Å²) >= 11 is 5.94. The fraction of sp³-hybridized carbons (Fsp3) is 0.286. The van der Waals surface area contributed by atoms with Crippen molar-refractivity contribution in [1.82, 2.24) is 9.78 Å². The maximum atomic E-state index is 7.53. The largest absolute Gasteiger partial charge is 0.486 e. The molecule has 1 aromatic heterocycles. The summed E-state index contributed by atoms with van der Waals surface area (Å²) in [4.78, 5) is 0. The van der Waals surface area contributed by atoms with Gasteiger partial charge in [0.15, 0.2) is 0 Å². The van der Waals surface area contributed by atoms with Crippen LogP contribution in [0.5, 0.6) is 5.75 Å². The molecule has 20 heavy (non-hydrogen) atoms. The third-order valence-electron chi connectivity index (χ3n) is 2.80. The lowest BCUT2D eigenvalue weighted by molar-refractivity contribution is 0.298. The van der Waals surface area contributed by atoms with Gasteiger partial charge in [-0.1, -0.05) is 11.6 Å². The number of hydrogen-bond acceptors (Lipinski definition) is 3. The van der Waals surface area contributed by atoms with E-state index in [0.717, 1.165) is 5.69 Å². The van der Waals surface area contributed by atoms with Crippen LogP contribution < -0.4 is 10.5 Å². The highest BCUT2D eigenvalue weighted by Crippen LogP contribution is 2.24. The molecule has 0 aliphatic heterocycles. The second kappa shape index (κ2) is 5.96. The molecule has 0 amide bonds. The van der Waals surface area contributed by atoms with Crippen LogP contribution in [0.2, 0.25) is 5.02 Å². The van der Waals surface area contributed by atoms with Gasteiger partial charge in [0.2, 0.25) is 0 Å². The number of rotatable bonds is 5. The standard InChI is InChI=1S/C14H17ClN4O/c1-9(2)19-6-5-11(18-19)8-20-13-7-10(15)3-4-12(13)14(16)17/h3-7,9H,8H2,1-2H3,(H3,16,17). The van der Waals surface area contributed by atoms with Crippen LogP contribution in [-0.2, 0) is 6.61 Å². The van der Waals surface area contributed by atoms with Gasteiger partial charge in [0, 0.05) is 17.3 Å². The number of halogens is 1. The van der Waals surface area contributed by atoms with Crippen molar-refractivity contribution < 1.29 is 4.74 Å². The fourth-order valence-electron chi connectivity index (χ4n) is 1.73. The average molecular weight is 293 g/mol. The Morgan fingerprint density at radius 1 is 1.45 bits per heavy atom. The van der Waals surface area contributed by atoms with Crippen LogP contribution in [0.1, 0.15) is 31.1 Å². The summed E-state index contributed by atoms with van der Waals surface area (Å²) in [7, 11) is 0. The second-order valence-corrected chi connectivity index (χ2v) is 5.16. The Labute approximate surface area is 122 Å². The number of nitrogens with zero attached hydrogens (tertiary/aromatic N) is 2. The monoisotopic (exact) mass is 292 g/mol. The molecule has 5 nitrogen and oxygen atoms in total. The summed E-state index contributed by atoms with van der Waals surface area (Å²) in [5.74, 6) is 0.438. The van der Waals surface area contributed by atoms with Gasteiger partial charge in [0.05, 0.1) is 11.3 Å². The third kappa shape index (κ3) is 3.30. The molecular weight excluding hydrogens is 276 g/mol. The van der Waals surface area contributed by atoms with Crippen molar-refractivity contribution in [1.29, 1.82) is 5.41 Å². The van der Waals surface area contributed by atoms with E-state index in [4.69, 9.17) is 27.5 Å². The molecule has 3 N–H and O–H groups in total. The second-order valence-electron chi connectivity index (χ2n) is 4.72. The highest BCUT2D eigenvalue weighted by molar-refractivity contribution is 6.30. The lowest BCUT2D eigenvalue weighted by Gasteiger charge is -2.10. The van der Waals surface area contributed by atoms with E-state index < -0.39 is 0 Å². The predicted molar refractivity (Wildman–Crippen MR) is 79.4 cm³/mol. The van der Waals surface area contributed by atoms with Gasteiger partial charge in [0.1, 0.15) is 18.2 Å². The maximum absolute atomic E-state index is 7.53. The molecular formula is C14H17ClN4O. The number of benzene rings is 1. The molecule has 2 aromatic rings. The Morgan fingerprint density at radius 3 is 2.80 bits per heavy atom. The molecule has 0 spiro atoms. The number of aromatic nitrogens is 2. The number of nitrogens with one attached hydrogen (secondary N) is 1. The van der Waals surface area contributed by atoms with E-state index in [1.165, 1.54) is 0 Å². The molecule has 2 rings (SSSR count). The highest BCUT2D eigenvalue weighted by atomic mass is 35.5. The van der Waals surface area contributed by atoms with Gasteiger partial charge in [-0.2, -0.15) is 5.10 Å². The lowest BCUT2D eigenvalue weighted by Crippen LogP contribution is -2.13. The van der Waals surface area contributed by atoms with Gasteiger partial charge in [-0.3, -0.25) is 10.1 Å². The Kier molecular flexibility index (Phi) is 4.29. The van der Waals surface area contributed by atoms with Gasteiger partial charge in [-0.05, 0) is 38.1 Å². The summed E-state index contributed by atoms with van der Waals surface area (Å²) < 4.78 is 7.54. The molecule has 0 saturated carbocycles. The quantitative estimate of drug-likeness (QED) is 0.657. The first-order valence-electron chi connectivity index (χ1n) is 6.28. The van der Waals surface area contributed by atoms with Crippen LogP contribution in [-0.4, -0.2) is 15.6 Å². The van der Waals surface area contributed by atoms with Crippen LogP contribution in [0, 0.1) is 5.41 Å². The Morgan fingerprint density at radius 2 is 2.20 bits per heavy atom. The summed E-state index contributed by atoms with van der Waals surface area (Å²) in [6.07, 6.45) is 1.91. The van der Waals surface area contributed by atoms with E-state index in [9.17, 15) is 0 Å². The minimum Gasteiger partial charge on any atom is -0.486 e. The molecule has 0 saturated heterocycles.